The summed E-state index contributed by atoms with van der Waals surface area (Å²) in [5.41, 5.74) is 0. The van der Waals surface area contributed by atoms with Crippen molar-refractivity contribution < 1.29 is 13.2 Å². The second kappa shape index (κ2) is 4.17. The van der Waals surface area contributed by atoms with Crippen molar-refractivity contribution in [2.24, 2.45) is 0 Å². The minimum atomic E-state index is -3.24. The molecule has 0 radical (unpaired) electrons. The summed E-state index contributed by atoms with van der Waals surface area (Å²) in [6.07, 6.45) is 1.01. The lowest BCUT2D eigenvalue weighted by molar-refractivity contribution is -0.107. The molecule has 0 bridgehead atoms. The second-order valence-corrected chi connectivity index (χ2v) is 4.78. The second-order valence-electron chi connectivity index (χ2n) is 2.85. The van der Waals surface area contributed by atoms with Gasteiger partial charge < -0.3 is 4.79 Å². The van der Waals surface area contributed by atoms with Gasteiger partial charge in [-0.2, -0.15) is 17.0 Å². The molecule has 1 aliphatic heterocycles. The molecule has 1 heterocycles. The summed E-state index contributed by atoms with van der Waals surface area (Å²) in [4.78, 5) is 10.1. The van der Waals surface area contributed by atoms with Crippen LogP contribution in [-0.4, -0.2) is 49.5 Å². The fraction of sp³-hybridized carbons (Fsp3) is 0.857. The van der Waals surface area contributed by atoms with E-state index in [1.165, 1.54) is 8.61 Å². The van der Waals surface area contributed by atoms with Gasteiger partial charge in [0.15, 0.2) is 0 Å². The molecule has 0 aliphatic carbocycles. The van der Waals surface area contributed by atoms with E-state index >= 15 is 0 Å². The summed E-state index contributed by atoms with van der Waals surface area (Å²) < 4.78 is 25.9. The summed E-state index contributed by atoms with van der Waals surface area (Å²) in [6, 6.07) is 0. The monoisotopic (exact) mass is 206 g/mol. The Hall–Kier alpha value is -0.460. The third-order valence-corrected chi connectivity index (χ3v) is 4.21. The Morgan fingerprint density at radius 2 is 1.92 bits per heavy atom. The van der Waals surface area contributed by atoms with Crippen LogP contribution in [0.25, 0.3) is 0 Å². The Morgan fingerprint density at radius 3 is 2.38 bits per heavy atom. The topological polar surface area (TPSA) is 57.7 Å². The summed E-state index contributed by atoms with van der Waals surface area (Å²) in [5.74, 6) is 0. The first-order chi connectivity index (χ1) is 6.12. The molecule has 13 heavy (non-hydrogen) atoms. The molecule has 0 spiro atoms. The van der Waals surface area contributed by atoms with Crippen molar-refractivity contribution in [3.05, 3.63) is 0 Å². The van der Waals surface area contributed by atoms with Gasteiger partial charge in [0.2, 0.25) is 0 Å². The van der Waals surface area contributed by atoms with Gasteiger partial charge in [0, 0.05) is 32.6 Å². The van der Waals surface area contributed by atoms with E-state index < -0.39 is 10.2 Å². The Morgan fingerprint density at radius 1 is 1.31 bits per heavy atom. The normalized spacial score (nSPS) is 23.5. The van der Waals surface area contributed by atoms with Crippen molar-refractivity contribution in [1.29, 1.82) is 0 Å². The summed E-state index contributed by atoms with van der Waals surface area (Å²) >= 11 is 0. The van der Waals surface area contributed by atoms with E-state index in [4.69, 9.17) is 0 Å². The van der Waals surface area contributed by atoms with Crippen molar-refractivity contribution >= 4 is 16.5 Å². The van der Waals surface area contributed by atoms with Crippen LogP contribution in [0.15, 0.2) is 0 Å². The molecule has 0 aromatic rings. The number of carbonyl (C=O) groups excluding carboxylic acids is 1. The van der Waals surface area contributed by atoms with Gasteiger partial charge >= 0.3 is 0 Å². The minimum absolute atomic E-state index is 0.275. The molecule has 0 saturated carbocycles. The average molecular weight is 206 g/mol. The number of hydrogen-bond donors (Lipinski definition) is 0. The van der Waals surface area contributed by atoms with Crippen LogP contribution in [-0.2, 0) is 15.0 Å². The van der Waals surface area contributed by atoms with Gasteiger partial charge in [-0.3, -0.25) is 0 Å². The zero-order valence-corrected chi connectivity index (χ0v) is 8.46. The number of hydrogen-bond acceptors (Lipinski definition) is 3. The molecule has 1 rings (SSSR count). The van der Waals surface area contributed by atoms with Gasteiger partial charge in [-0.25, -0.2) is 0 Å². The molecule has 1 aliphatic rings. The van der Waals surface area contributed by atoms with Crippen LogP contribution in [0.2, 0.25) is 0 Å². The predicted molar refractivity (Wildman–Crippen MR) is 48.4 cm³/mol. The quantitative estimate of drug-likeness (QED) is 0.580. The van der Waals surface area contributed by atoms with Crippen molar-refractivity contribution in [1.82, 2.24) is 8.61 Å². The van der Waals surface area contributed by atoms with Gasteiger partial charge in [-0.05, 0) is 0 Å². The maximum Gasteiger partial charge on any atom is 0.282 e. The Labute approximate surface area is 78.5 Å². The van der Waals surface area contributed by atoms with Crippen LogP contribution >= 0.6 is 0 Å². The maximum absolute atomic E-state index is 11.6. The summed E-state index contributed by atoms with van der Waals surface area (Å²) in [6.45, 7) is 3.66. The highest BCUT2D eigenvalue weighted by molar-refractivity contribution is 7.87. The molecule has 0 aromatic carbocycles. The standard InChI is InChI=1S/C7H14N2O3S/c1-2-8-5-6-9(4-3-7-10)13(8,11)12/h7H,2-6H2,1H3. The van der Waals surface area contributed by atoms with Gasteiger partial charge in [-0.1, -0.05) is 6.92 Å². The molecule has 0 amide bonds. The predicted octanol–water partition coefficient (Wildman–Crippen LogP) is -0.542. The molecule has 6 heteroatoms. The lowest BCUT2D eigenvalue weighted by Crippen LogP contribution is -2.33. The molecule has 0 unspecified atom stereocenters. The SMILES string of the molecule is CCN1CCN(CCC=O)S1(=O)=O. The average Bonchev–Trinajstić information content (AvgIpc) is 2.37. The van der Waals surface area contributed by atoms with Crippen molar-refractivity contribution in [3.63, 3.8) is 0 Å². The van der Waals surface area contributed by atoms with E-state index in [-0.39, 0.29) is 6.42 Å². The highest BCUT2D eigenvalue weighted by Gasteiger charge is 2.34. The summed E-state index contributed by atoms with van der Waals surface area (Å²) in [7, 11) is -3.24. The zero-order valence-electron chi connectivity index (χ0n) is 7.64. The molecular weight excluding hydrogens is 192 g/mol. The molecule has 76 valence electrons. The van der Waals surface area contributed by atoms with Gasteiger partial charge in [-0.15, -0.1) is 0 Å². The smallest absolute Gasteiger partial charge is 0.282 e. The molecule has 0 N–H and O–H groups in total. The van der Waals surface area contributed by atoms with Crippen LogP contribution < -0.4 is 0 Å². The molecule has 5 nitrogen and oxygen atoms in total. The summed E-state index contributed by atoms with van der Waals surface area (Å²) in [5, 5.41) is 0. The van der Waals surface area contributed by atoms with E-state index in [1.807, 2.05) is 0 Å². The first-order valence-electron chi connectivity index (χ1n) is 4.31. The van der Waals surface area contributed by atoms with Crippen LogP contribution in [0.3, 0.4) is 0 Å². The number of nitrogens with zero attached hydrogens (tertiary/aromatic N) is 2. The third-order valence-electron chi connectivity index (χ3n) is 2.10. The zero-order chi connectivity index (χ0) is 9.90. The Balaban J connectivity index is 2.65. The van der Waals surface area contributed by atoms with E-state index in [0.717, 1.165) is 6.29 Å². The fourth-order valence-electron chi connectivity index (χ4n) is 1.36. The van der Waals surface area contributed by atoms with E-state index in [9.17, 15) is 13.2 Å². The van der Waals surface area contributed by atoms with Crippen molar-refractivity contribution in [2.45, 2.75) is 13.3 Å². The lowest BCUT2D eigenvalue weighted by atomic mass is 10.4. The van der Waals surface area contributed by atoms with Gasteiger partial charge in [0.05, 0.1) is 0 Å². The van der Waals surface area contributed by atoms with E-state index in [0.29, 0.717) is 26.2 Å². The van der Waals surface area contributed by atoms with E-state index in [1.54, 1.807) is 6.92 Å². The fourth-order valence-corrected chi connectivity index (χ4v) is 2.98. The molecule has 1 saturated heterocycles. The highest BCUT2D eigenvalue weighted by Crippen LogP contribution is 2.15. The Kier molecular flexibility index (Phi) is 3.40. The van der Waals surface area contributed by atoms with E-state index in [2.05, 4.69) is 0 Å². The van der Waals surface area contributed by atoms with Crippen LogP contribution in [0.5, 0.6) is 0 Å². The van der Waals surface area contributed by atoms with Gasteiger partial charge in [0.25, 0.3) is 10.2 Å². The van der Waals surface area contributed by atoms with Crippen molar-refractivity contribution in [2.75, 3.05) is 26.2 Å². The third kappa shape index (κ3) is 2.07. The van der Waals surface area contributed by atoms with Crippen LogP contribution in [0.1, 0.15) is 13.3 Å². The number of aldehydes is 1. The van der Waals surface area contributed by atoms with Crippen LogP contribution in [0.4, 0.5) is 0 Å². The molecule has 1 fully saturated rings. The number of rotatable bonds is 4. The highest BCUT2D eigenvalue weighted by atomic mass is 32.2. The lowest BCUT2D eigenvalue weighted by Gasteiger charge is -2.15. The minimum Gasteiger partial charge on any atom is -0.303 e. The number of likely N-dealkylation sites (N-methyl/N-ethyl adjacent to an activating group) is 1. The van der Waals surface area contributed by atoms with Gasteiger partial charge in [0.1, 0.15) is 6.29 Å². The molecule has 0 atom stereocenters. The Bertz CT molecular complexity index is 275. The molecule has 0 aromatic heterocycles. The number of carbonyl (C=O) groups is 1. The van der Waals surface area contributed by atoms with Crippen LogP contribution in [0, 0.1) is 0 Å². The van der Waals surface area contributed by atoms with Crippen molar-refractivity contribution in [3.8, 4) is 0 Å². The largest absolute Gasteiger partial charge is 0.303 e. The maximum atomic E-state index is 11.6. The first kappa shape index (κ1) is 10.6. The molecular formula is C7H14N2O3S. The first-order valence-corrected chi connectivity index (χ1v) is 5.71.